The first kappa shape index (κ1) is 16.3. The summed E-state index contributed by atoms with van der Waals surface area (Å²) < 4.78 is 5.06. The molecule has 2 saturated carbocycles. The van der Waals surface area contributed by atoms with Gasteiger partial charge in [0, 0.05) is 12.1 Å². The Labute approximate surface area is 127 Å². The van der Waals surface area contributed by atoms with Crippen LogP contribution in [0.2, 0.25) is 0 Å². The molecule has 0 saturated heterocycles. The maximum absolute atomic E-state index is 11.9. The van der Waals surface area contributed by atoms with Gasteiger partial charge < -0.3 is 15.4 Å². The Morgan fingerprint density at radius 2 is 1.67 bits per heavy atom. The number of hydrogen-bond donors (Lipinski definition) is 2. The van der Waals surface area contributed by atoms with E-state index >= 15 is 0 Å². The zero-order valence-corrected chi connectivity index (χ0v) is 13.0. The summed E-state index contributed by atoms with van der Waals surface area (Å²) >= 11 is 0. The molecule has 1 amide bonds. The van der Waals surface area contributed by atoms with Crippen LogP contribution in [0.25, 0.3) is 0 Å². The van der Waals surface area contributed by atoms with E-state index in [9.17, 15) is 9.59 Å². The topological polar surface area (TPSA) is 67.4 Å². The van der Waals surface area contributed by atoms with Crippen molar-refractivity contribution in [3.05, 3.63) is 0 Å². The maximum atomic E-state index is 11.9. The molecule has 0 spiro atoms. The summed E-state index contributed by atoms with van der Waals surface area (Å²) in [5.74, 6) is 0.0291. The molecule has 0 heterocycles. The van der Waals surface area contributed by atoms with Crippen molar-refractivity contribution < 1.29 is 14.3 Å². The van der Waals surface area contributed by atoms with E-state index < -0.39 is 0 Å². The molecule has 0 aromatic heterocycles. The van der Waals surface area contributed by atoms with Gasteiger partial charge in [-0.1, -0.05) is 12.8 Å². The van der Waals surface area contributed by atoms with E-state index in [2.05, 4.69) is 10.6 Å². The van der Waals surface area contributed by atoms with Crippen molar-refractivity contribution in [3.63, 3.8) is 0 Å². The monoisotopic (exact) mass is 296 g/mol. The van der Waals surface area contributed by atoms with Gasteiger partial charge >= 0.3 is 5.97 Å². The number of esters is 1. The zero-order valence-electron chi connectivity index (χ0n) is 13.0. The fraction of sp³-hybridized carbons (Fsp3) is 0.875. The van der Waals surface area contributed by atoms with Gasteiger partial charge in [0.25, 0.3) is 0 Å². The maximum Gasteiger partial charge on any atom is 0.308 e. The molecular formula is C16H28N2O3. The van der Waals surface area contributed by atoms with Crippen LogP contribution in [0.1, 0.15) is 58.3 Å². The lowest BCUT2D eigenvalue weighted by Gasteiger charge is -2.28. The van der Waals surface area contributed by atoms with E-state index in [0.717, 1.165) is 25.7 Å². The van der Waals surface area contributed by atoms with Gasteiger partial charge in [0.15, 0.2) is 0 Å². The van der Waals surface area contributed by atoms with Gasteiger partial charge in [0.1, 0.15) is 0 Å². The van der Waals surface area contributed by atoms with Crippen molar-refractivity contribution in [1.82, 2.24) is 10.6 Å². The van der Waals surface area contributed by atoms with E-state index in [4.69, 9.17) is 4.74 Å². The largest absolute Gasteiger partial charge is 0.466 e. The van der Waals surface area contributed by atoms with Crippen LogP contribution in [0.4, 0.5) is 0 Å². The third-order valence-electron chi connectivity index (χ3n) is 4.62. The van der Waals surface area contributed by atoms with Crippen molar-refractivity contribution in [2.24, 2.45) is 5.92 Å². The summed E-state index contributed by atoms with van der Waals surface area (Å²) in [6.45, 7) is 2.70. The Bertz CT molecular complexity index is 345. The Hall–Kier alpha value is -1.10. The highest BCUT2D eigenvalue weighted by atomic mass is 16.5. The van der Waals surface area contributed by atoms with E-state index in [1.54, 1.807) is 0 Å². The Kier molecular flexibility index (Phi) is 6.49. The molecule has 2 fully saturated rings. The fourth-order valence-corrected chi connectivity index (χ4v) is 3.38. The van der Waals surface area contributed by atoms with Crippen LogP contribution >= 0.6 is 0 Å². The molecule has 0 atom stereocenters. The summed E-state index contributed by atoms with van der Waals surface area (Å²) in [4.78, 5) is 23.6. The predicted octanol–water partition coefficient (Wildman–Crippen LogP) is 1.76. The number of rotatable bonds is 6. The van der Waals surface area contributed by atoms with E-state index in [1.165, 1.54) is 25.7 Å². The van der Waals surface area contributed by atoms with Crippen molar-refractivity contribution >= 4 is 11.9 Å². The molecule has 0 aliphatic heterocycles. The van der Waals surface area contributed by atoms with Gasteiger partial charge in [0.2, 0.25) is 5.91 Å². The molecule has 2 aliphatic carbocycles. The Balaban J connectivity index is 1.61. The molecule has 21 heavy (non-hydrogen) atoms. The first-order chi connectivity index (χ1) is 10.2. The van der Waals surface area contributed by atoms with Crippen molar-refractivity contribution in [1.29, 1.82) is 0 Å². The number of carbonyl (C=O) groups is 2. The number of amides is 1. The lowest BCUT2D eigenvalue weighted by atomic mass is 9.86. The third-order valence-corrected chi connectivity index (χ3v) is 4.62. The Morgan fingerprint density at radius 3 is 2.29 bits per heavy atom. The van der Waals surface area contributed by atoms with Gasteiger partial charge in [-0.15, -0.1) is 0 Å². The summed E-state index contributed by atoms with van der Waals surface area (Å²) in [5, 5.41) is 6.41. The number of nitrogens with one attached hydrogen (secondary N) is 2. The molecule has 120 valence electrons. The van der Waals surface area contributed by atoms with E-state index in [1.807, 2.05) is 6.92 Å². The highest BCUT2D eigenvalue weighted by Crippen LogP contribution is 2.25. The second-order valence-corrected chi connectivity index (χ2v) is 6.23. The van der Waals surface area contributed by atoms with E-state index in [0.29, 0.717) is 19.2 Å². The highest BCUT2D eigenvalue weighted by Gasteiger charge is 2.28. The minimum Gasteiger partial charge on any atom is -0.466 e. The molecule has 5 heteroatoms. The molecule has 0 aromatic carbocycles. The van der Waals surface area contributed by atoms with Crippen LogP contribution in [0, 0.1) is 5.92 Å². The molecule has 2 N–H and O–H groups in total. The van der Waals surface area contributed by atoms with Gasteiger partial charge in [-0.25, -0.2) is 0 Å². The number of carbonyl (C=O) groups excluding carboxylic acids is 2. The van der Waals surface area contributed by atoms with Crippen molar-refractivity contribution in [2.45, 2.75) is 70.4 Å². The lowest BCUT2D eigenvalue weighted by molar-refractivity contribution is -0.149. The smallest absolute Gasteiger partial charge is 0.308 e. The van der Waals surface area contributed by atoms with Crippen molar-refractivity contribution in [3.8, 4) is 0 Å². The minimum absolute atomic E-state index is 0.0229. The lowest BCUT2D eigenvalue weighted by Crippen LogP contribution is -2.44. The van der Waals surface area contributed by atoms with Gasteiger partial charge in [-0.05, 0) is 45.4 Å². The first-order valence-corrected chi connectivity index (χ1v) is 8.38. The molecule has 5 nitrogen and oxygen atoms in total. The normalized spacial score (nSPS) is 26.5. The van der Waals surface area contributed by atoms with Crippen LogP contribution < -0.4 is 10.6 Å². The fourth-order valence-electron chi connectivity index (χ4n) is 3.38. The van der Waals surface area contributed by atoms with E-state index in [-0.39, 0.29) is 23.8 Å². The summed E-state index contributed by atoms with van der Waals surface area (Å²) in [6.07, 6.45) is 8.32. The summed E-state index contributed by atoms with van der Waals surface area (Å²) in [7, 11) is 0. The van der Waals surface area contributed by atoms with Crippen LogP contribution in [0.5, 0.6) is 0 Å². The van der Waals surface area contributed by atoms with Crippen molar-refractivity contribution in [2.75, 3.05) is 13.2 Å². The van der Waals surface area contributed by atoms with Crippen LogP contribution in [0.15, 0.2) is 0 Å². The average molecular weight is 296 g/mol. The highest BCUT2D eigenvalue weighted by molar-refractivity contribution is 5.78. The number of hydrogen-bond acceptors (Lipinski definition) is 4. The second-order valence-electron chi connectivity index (χ2n) is 6.23. The van der Waals surface area contributed by atoms with Gasteiger partial charge in [-0.3, -0.25) is 9.59 Å². The van der Waals surface area contributed by atoms with Crippen LogP contribution in [0.3, 0.4) is 0 Å². The van der Waals surface area contributed by atoms with Gasteiger partial charge in [-0.2, -0.15) is 0 Å². The second kappa shape index (κ2) is 8.37. The Morgan fingerprint density at radius 1 is 1.00 bits per heavy atom. The summed E-state index contributed by atoms with van der Waals surface area (Å²) in [6, 6.07) is 0.740. The quantitative estimate of drug-likeness (QED) is 0.733. The molecule has 0 radical (unpaired) electrons. The molecule has 2 aliphatic rings. The third kappa shape index (κ3) is 5.30. The standard InChI is InChI=1S/C16H28N2O3/c1-2-21-16(20)12-7-9-14(10-8-12)18-15(19)11-17-13-5-3-4-6-13/h12-14,17H,2-11H2,1H3,(H,18,19). The SMILES string of the molecule is CCOC(=O)C1CCC(NC(=O)CNC2CCCC2)CC1. The first-order valence-electron chi connectivity index (χ1n) is 8.38. The molecule has 0 bridgehead atoms. The molecule has 0 unspecified atom stereocenters. The molecular weight excluding hydrogens is 268 g/mol. The molecule has 0 aromatic rings. The molecule has 2 rings (SSSR count). The zero-order chi connectivity index (χ0) is 15.1. The van der Waals surface area contributed by atoms with Gasteiger partial charge in [0.05, 0.1) is 19.1 Å². The predicted molar refractivity (Wildman–Crippen MR) is 80.8 cm³/mol. The number of ether oxygens (including phenoxy) is 1. The summed E-state index contributed by atoms with van der Waals surface area (Å²) in [5.41, 5.74) is 0. The average Bonchev–Trinajstić information content (AvgIpc) is 2.99. The minimum atomic E-state index is -0.0785. The van der Waals surface area contributed by atoms with Crippen LogP contribution in [-0.2, 0) is 14.3 Å². The van der Waals surface area contributed by atoms with Crippen LogP contribution in [-0.4, -0.2) is 37.1 Å².